The number of nitrogens with one attached hydrogen (secondary N) is 2. The lowest BCUT2D eigenvalue weighted by Gasteiger charge is -2.14. The Morgan fingerprint density at radius 3 is 2.61 bits per heavy atom. The molecule has 1 aromatic rings. The molecule has 0 saturated heterocycles. The Morgan fingerprint density at radius 1 is 1.36 bits per heavy atom. The first-order valence-electron chi connectivity index (χ1n) is 8.98. The van der Waals surface area contributed by atoms with Crippen LogP contribution in [0.3, 0.4) is 0 Å². The van der Waals surface area contributed by atoms with Crippen LogP contribution in [-0.2, 0) is 11.0 Å². The number of nitrogens with zero attached hydrogens (tertiary/aromatic N) is 3. The monoisotopic (exact) mass is 397 g/mol. The Kier molecular flexibility index (Phi) is 5.43. The Balaban J connectivity index is 1.82. The van der Waals surface area contributed by atoms with Crippen molar-refractivity contribution in [3.63, 3.8) is 0 Å². The van der Waals surface area contributed by atoms with Crippen molar-refractivity contribution in [1.82, 2.24) is 9.97 Å². The van der Waals surface area contributed by atoms with Crippen molar-refractivity contribution in [2.45, 2.75) is 38.4 Å². The second-order valence-electron chi connectivity index (χ2n) is 6.85. The van der Waals surface area contributed by atoms with Crippen molar-refractivity contribution < 1.29 is 18.0 Å². The first kappa shape index (κ1) is 19.9. The molecule has 3 rings (SSSR count). The predicted molar refractivity (Wildman–Crippen MR) is 98.3 cm³/mol. The quantitative estimate of drug-likeness (QED) is 0.410. The third-order valence-corrected chi connectivity index (χ3v) is 4.43. The summed E-state index contributed by atoms with van der Waals surface area (Å²) in [7, 11) is 0. The normalized spacial score (nSPS) is 22.7. The summed E-state index contributed by atoms with van der Waals surface area (Å²) in [4.78, 5) is 23.4. The van der Waals surface area contributed by atoms with E-state index in [1.54, 1.807) is 13.0 Å². The van der Waals surface area contributed by atoms with E-state index in [2.05, 4.69) is 25.6 Å². The van der Waals surface area contributed by atoms with E-state index in [1.807, 2.05) is 0 Å². The summed E-state index contributed by atoms with van der Waals surface area (Å²) in [6.45, 7) is 1.94. The summed E-state index contributed by atoms with van der Waals surface area (Å²) < 4.78 is 39.3. The molecule has 152 valence electrons. The van der Waals surface area contributed by atoms with E-state index in [0.29, 0.717) is 18.0 Å². The van der Waals surface area contributed by atoms with Gasteiger partial charge in [-0.2, -0.15) is 18.2 Å². The number of rotatable bonds is 7. The van der Waals surface area contributed by atoms with Crippen molar-refractivity contribution in [1.29, 1.82) is 0 Å². The summed E-state index contributed by atoms with van der Waals surface area (Å²) >= 11 is 0. The number of alkyl halides is 3. The highest BCUT2D eigenvalue weighted by Gasteiger charge is 2.43. The molecule has 11 heteroatoms. The largest absolute Gasteiger partial charge is 0.421 e. The molecular formula is C17H22F3N7O. The average Bonchev–Trinajstić information content (AvgIpc) is 3.48. The number of anilines is 2. The SMILES string of the molecule is CCNc1nc(NC(C=C(N)[C@H]2C[C@H]2C(N)=O)=NC2CC2)ncc1C(F)(F)F. The molecule has 0 spiro atoms. The molecule has 28 heavy (non-hydrogen) atoms. The second kappa shape index (κ2) is 7.64. The van der Waals surface area contributed by atoms with Crippen molar-refractivity contribution in [3.05, 3.63) is 23.5 Å². The maximum atomic E-state index is 13.1. The van der Waals surface area contributed by atoms with Crippen molar-refractivity contribution in [2.24, 2.45) is 28.3 Å². The number of carbonyl (C=O) groups is 1. The second-order valence-corrected chi connectivity index (χ2v) is 6.85. The molecule has 8 nitrogen and oxygen atoms in total. The van der Waals surface area contributed by atoms with Gasteiger partial charge in [0.15, 0.2) is 0 Å². The lowest BCUT2D eigenvalue weighted by Crippen LogP contribution is -2.20. The maximum Gasteiger partial charge on any atom is 0.421 e. The lowest BCUT2D eigenvalue weighted by molar-refractivity contribution is -0.137. The van der Waals surface area contributed by atoms with Gasteiger partial charge in [-0.15, -0.1) is 0 Å². The van der Waals surface area contributed by atoms with E-state index in [4.69, 9.17) is 11.5 Å². The molecule has 2 aliphatic carbocycles. The van der Waals surface area contributed by atoms with Gasteiger partial charge in [0.1, 0.15) is 17.2 Å². The summed E-state index contributed by atoms with van der Waals surface area (Å²) in [6.07, 6.45) is 0.140. The van der Waals surface area contributed by atoms with Crippen LogP contribution in [0.5, 0.6) is 0 Å². The fourth-order valence-corrected chi connectivity index (χ4v) is 2.71. The highest BCUT2D eigenvalue weighted by Crippen LogP contribution is 2.42. The van der Waals surface area contributed by atoms with Gasteiger partial charge < -0.3 is 22.1 Å². The van der Waals surface area contributed by atoms with E-state index in [0.717, 1.165) is 19.0 Å². The van der Waals surface area contributed by atoms with Gasteiger partial charge in [0.25, 0.3) is 0 Å². The number of allylic oxidation sites excluding steroid dienone is 1. The number of primary amides is 1. The number of amides is 1. The zero-order chi connectivity index (χ0) is 20.5. The Labute approximate surface area is 159 Å². The van der Waals surface area contributed by atoms with Crippen LogP contribution in [0, 0.1) is 11.8 Å². The first-order valence-corrected chi connectivity index (χ1v) is 8.98. The Bertz CT molecular complexity index is 817. The van der Waals surface area contributed by atoms with Crippen LogP contribution in [0.25, 0.3) is 0 Å². The van der Waals surface area contributed by atoms with Crippen molar-refractivity contribution in [2.75, 3.05) is 17.2 Å². The minimum absolute atomic E-state index is 0.0327. The molecule has 1 aromatic heterocycles. The smallest absolute Gasteiger partial charge is 0.402 e. The molecule has 1 amide bonds. The molecule has 0 unspecified atom stereocenters. The summed E-state index contributed by atoms with van der Waals surface area (Å²) in [5.41, 5.74) is 10.8. The van der Waals surface area contributed by atoms with Crippen LogP contribution in [0.15, 0.2) is 23.0 Å². The van der Waals surface area contributed by atoms with Crippen molar-refractivity contribution >= 4 is 23.5 Å². The Morgan fingerprint density at radius 2 is 2.07 bits per heavy atom. The van der Waals surface area contributed by atoms with Gasteiger partial charge in [0, 0.05) is 30.3 Å². The zero-order valence-corrected chi connectivity index (χ0v) is 15.3. The first-order chi connectivity index (χ1) is 13.2. The van der Waals surface area contributed by atoms with Crippen molar-refractivity contribution in [3.8, 4) is 0 Å². The molecular weight excluding hydrogens is 375 g/mol. The number of aromatic nitrogens is 2. The standard InChI is InChI=1S/C17H22F3N7O/c1-2-23-15-11(17(18,19)20)7-24-16(27-15)26-13(25-8-3-4-8)6-12(21)9-5-10(9)14(22)28/h6-10H,2-5,21H2,1H3,(H2,22,28)(H2,23,24,25,26,27)/t9-,10+/m0/s1. The van der Waals surface area contributed by atoms with E-state index in [1.165, 1.54) is 0 Å². The fourth-order valence-electron chi connectivity index (χ4n) is 2.71. The van der Waals surface area contributed by atoms with Gasteiger partial charge in [0.2, 0.25) is 11.9 Å². The zero-order valence-electron chi connectivity index (χ0n) is 15.3. The number of hydrogen-bond acceptors (Lipinski definition) is 6. The highest BCUT2D eigenvalue weighted by molar-refractivity contribution is 6.03. The third-order valence-electron chi connectivity index (χ3n) is 4.43. The van der Waals surface area contributed by atoms with Crippen LogP contribution >= 0.6 is 0 Å². The Hall–Kier alpha value is -2.85. The maximum absolute atomic E-state index is 13.1. The third kappa shape index (κ3) is 4.90. The minimum atomic E-state index is -4.57. The van der Waals surface area contributed by atoms with Gasteiger partial charge in [-0.1, -0.05) is 0 Å². The van der Waals surface area contributed by atoms with Crippen LogP contribution in [0.2, 0.25) is 0 Å². The summed E-state index contributed by atoms with van der Waals surface area (Å²) in [5.74, 6) is -0.842. The van der Waals surface area contributed by atoms with Crippen LogP contribution < -0.4 is 22.1 Å². The lowest BCUT2D eigenvalue weighted by atomic mass is 10.2. The van der Waals surface area contributed by atoms with Crippen LogP contribution in [0.1, 0.15) is 31.7 Å². The summed E-state index contributed by atoms with van der Waals surface area (Å²) in [5, 5.41) is 5.43. The summed E-state index contributed by atoms with van der Waals surface area (Å²) in [6, 6.07) is 0.125. The van der Waals surface area contributed by atoms with E-state index in [-0.39, 0.29) is 36.2 Å². The molecule has 0 radical (unpaired) electrons. The number of hydrogen-bond donors (Lipinski definition) is 4. The topological polar surface area (TPSA) is 131 Å². The number of amidine groups is 1. The van der Waals surface area contributed by atoms with E-state index < -0.39 is 17.6 Å². The number of halogens is 3. The molecule has 2 aliphatic rings. The highest BCUT2D eigenvalue weighted by atomic mass is 19.4. The minimum Gasteiger partial charge on any atom is -0.402 e. The fraction of sp³-hybridized carbons (Fsp3) is 0.529. The number of aliphatic imine (C=N–C) groups is 1. The van der Waals surface area contributed by atoms with Gasteiger partial charge in [-0.3, -0.25) is 9.79 Å². The molecule has 0 aromatic carbocycles. The van der Waals surface area contributed by atoms with Gasteiger partial charge in [0.05, 0.1) is 6.04 Å². The molecule has 2 atom stereocenters. The molecule has 2 saturated carbocycles. The van der Waals surface area contributed by atoms with E-state index >= 15 is 0 Å². The van der Waals surface area contributed by atoms with Gasteiger partial charge >= 0.3 is 6.18 Å². The van der Waals surface area contributed by atoms with E-state index in [9.17, 15) is 18.0 Å². The van der Waals surface area contributed by atoms with Gasteiger partial charge in [-0.25, -0.2) is 4.98 Å². The van der Waals surface area contributed by atoms with Crippen LogP contribution in [-0.4, -0.2) is 34.3 Å². The number of nitrogens with two attached hydrogens (primary N) is 2. The average molecular weight is 397 g/mol. The molecule has 2 fully saturated rings. The molecule has 0 bridgehead atoms. The number of carbonyl (C=O) groups excluding carboxylic acids is 1. The molecule has 0 aliphatic heterocycles. The molecule has 6 N–H and O–H groups in total. The molecule has 1 heterocycles. The van der Waals surface area contributed by atoms with Crippen LogP contribution in [0.4, 0.5) is 24.9 Å². The predicted octanol–water partition coefficient (Wildman–Crippen LogP) is 1.86. The van der Waals surface area contributed by atoms with Gasteiger partial charge in [-0.05, 0) is 32.3 Å².